The number of ether oxygens (including phenoxy) is 1. The van der Waals surface area contributed by atoms with Crippen LogP contribution in [0.5, 0.6) is 5.75 Å². The van der Waals surface area contributed by atoms with Crippen molar-refractivity contribution in [3.05, 3.63) is 41.5 Å². The summed E-state index contributed by atoms with van der Waals surface area (Å²) in [6, 6.07) is 10.8. The standard InChI is InChI=1S/C26H35NO3/c1-3-19-8-10-21(11-9-19)30-25-16-18(2)22-6-4-5-7-23(22)24(25)17-27-14-12-20(13-15-27)26(28)29/h4-7,16,19-21H,3,8-15,17H2,1-2H3,(H,28,29). The van der Waals surface area contributed by atoms with Crippen molar-refractivity contribution >= 4 is 16.7 Å². The average molecular weight is 410 g/mol. The van der Waals surface area contributed by atoms with Crippen molar-refractivity contribution in [3.63, 3.8) is 0 Å². The predicted octanol–water partition coefficient (Wildman–Crippen LogP) is 5.79. The molecular formula is C26H35NO3. The molecule has 0 bridgehead atoms. The monoisotopic (exact) mass is 409 g/mol. The summed E-state index contributed by atoms with van der Waals surface area (Å²) < 4.78 is 6.65. The van der Waals surface area contributed by atoms with Gasteiger partial charge in [0.15, 0.2) is 0 Å². The largest absolute Gasteiger partial charge is 0.490 e. The third kappa shape index (κ3) is 4.64. The maximum absolute atomic E-state index is 11.3. The number of rotatable bonds is 6. The van der Waals surface area contributed by atoms with E-state index in [2.05, 4.69) is 49.1 Å². The molecule has 0 amide bonds. The van der Waals surface area contributed by atoms with Crippen molar-refractivity contribution in [3.8, 4) is 5.75 Å². The van der Waals surface area contributed by atoms with Gasteiger partial charge in [0.2, 0.25) is 0 Å². The number of piperidine rings is 1. The molecule has 2 aliphatic rings. The van der Waals surface area contributed by atoms with Crippen molar-refractivity contribution in [2.24, 2.45) is 11.8 Å². The van der Waals surface area contributed by atoms with E-state index in [1.807, 2.05) is 0 Å². The fraction of sp³-hybridized carbons (Fsp3) is 0.577. The zero-order chi connectivity index (χ0) is 21.1. The molecular weight excluding hydrogens is 374 g/mol. The number of carboxylic acids is 1. The van der Waals surface area contributed by atoms with E-state index < -0.39 is 5.97 Å². The topological polar surface area (TPSA) is 49.8 Å². The Labute approximate surface area is 180 Å². The van der Waals surface area contributed by atoms with Gasteiger partial charge in [0, 0.05) is 12.1 Å². The minimum atomic E-state index is -0.651. The van der Waals surface area contributed by atoms with Crippen molar-refractivity contribution in [2.75, 3.05) is 13.1 Å². The summed E-state index contributed by atoms with van der Waals surface area (Å²) in [7, 11) is 0. The summed E-state index contributed by atoms with van der Waals surface area (Å²) in [4.78, 5) is 13.7. The number of nitrogens with zero attached hydrogens (tertiary/aromatic N) is 1. The van der Waals surface area contributed by atoms with Gasteiger partial charge in [0.25, 0.3) is 0 Å². The zero-order valence-corrected chi connectivity index (χ0v) is 18.4. The maximum atomic E-state index is 11.3. The number of hydrogen-bond acceptors (Lipinski definition) is 3. The second-order valence-corrected chi connectivity index (χ2v) is 9.27. The van der Waals surface area contributed by atoms with Gasteiger partial charge in [-0.25, -0.2) is 0 Å². The summed E-state index contributed by atoms with van der Waals surface area (Å²) in [6.07, 6.45) is 7.88. The predicted molar refractivity (Wildman–Crippen MR) is 121 cm³/mol. The van der Waals surface area contributed by atoms with Gasteiger partial charge in [-0.3, -0.25) is 9.69 Å². The van der Waals surface area contributed by atoms with Crippen LogP contribution in [0.1, 0.15) is 63.0 Å². The Morgan fingerprint density at radius 3 is 2.37 bits per heavy atom. The average Bonchev–Trinajstić information content (AvgIpc) is 2.77. The van der Waals surface area contributed by atoms with Gasteiger partial charge in [-0.2, -0.15) is 0 Å². The normalized spacial score (nSPS) is 23.5. The molecule has 2 fully saturated rings. The molecule has 1 saturated heterocycles. The van der Waals surface area contributed by atoms with Crippen LogP contribution in [-0.4, -0.2) is 35.2 Å². The van der Waals surface area contributed by atoms with Gasteiger partial charge in [0.1, 0.15) is 5.75 Å². The molecule has 0 spiro atoms. The van der Waals surface area contributed by atoms with Crippen molar-refractivity contribution in [1.82, 2.24) is 4.90 Å². The number of aliphatic carboxylic acids is 1. The zero-order valence-electron chi connectivity index (χ0n) is 18.4. The molecule has 1 heterocycles. The van der Waals surface area contributed by atoms with Gasteiger partial charge in [-0.05, 0) is 86.9 Å². The number of carbonyl (C=O) groups is 1. The van der Waals surface area contributed by atoms with Crippen LogP contribution in [0.4, 0.5) is 0 Å². The van der Waals surface area contributed by atoms with Gasteiger partial charge in [-0.1, -0.05) is 37.6 Å². The van der Waals surface area contributed by atoms with E-state index in [1.165, 1.54) is 41.2 Å². The molecule has 2 aromatic carbocycles. The van der Waals surface area contributed by atoms with Gasteiger partial charge < -0.3 is 9.84 Å². The van der Waals surface area contributed by atoms with Crippen LogP contribution in [0.2, 0.25) is 0 Å². The lowest BCUT2D eigenvalue weighted by molar-refractivity contribution is -0.143. The maximum Gasteiger partial charge on any atom is 0.306 e. The summed E-state index contributed by atoms with van der Waals surface area (Å²) in [5.41, 5.74) is 2.53. The van der Waals surface area contributed by atoms with E-state index in [9.17, 15) is 9.90 Å². The van der Waals surface area contributed by atoms with Crippen LogP contribution >= 0.6 is 0 Å². The highest BCUT2D eigenvalue weighted by atomic mass is 16.5. The number of hydrogen-bond donors (Lipinski definition) is 1. The molecule has 4 nitrogen and oxygen atoms in total. The third-order valence-corrected chi connectivity index (χ3v) is 7.31. The first kappa shape index (κ1) is 21.2. The molecule has 0 unspecified atom stereocenters. The summed E-state index contributed by atoms with van der Waals surface area (Å²) >= 11 is 0. The quantitative estimate of drug-likeness (QED) is 0.656. The van der Waals surface area contributed by atoms with Gasteiger partial charge in [0.05, 0.1) is 12.0 Å². The Kier molecular flexibility index (Phi) is 6.62. The molecule has 2 aromatic rings. The number of benzene rings is 2. The summed E-state index contributed by atoms with van der Waals surface area (Å²) in [5.74, 6) is 1.05. The van der Waals surface area contributed by atoms with Crippen molar-refractivity contribution in [1.29, 1.82) is 0 Å². The molecule has 0 atom stereocenters. The fourth-order valence-electron chi connectivity index (χ4n) is 5.25. The first-order valence-corrected chi connectivity index (χ1v) is 11.7. The summed E-state index contributed by atoms with van der Waals surface area (Å²) in [5, 5.41) is 11.9. The van der Waals surface area contributed by atoms with Crippen LogP contribution in [0.3, 0.4) is 0 Å². The first-order valence-electron chi connectivity index (χ1n) is 11.7. The highest BCUT2D eigenvalue weighted by molar-refractivity contribution is 5.90. The lowest BCUT2D eigenvalue weighted by Gasteiger charge is -2.32. The number of carboxylic acid groups (broad SMARTS) is 1. The highest BCUT2D eigenvalue weighted by Gasteiger charge is 2.27. The number of likely N-dealkylation sites (tertiary alicyclic amines) is 1. The Morgan fingerprint density at radius 1 is 1.07 bits per heavy atom. The minimum absolute atomic E-state index is 0.194. The summed E-state index contributed by atoms with van der Waals surface area (Å²) in [6.45, 7) is 6.96. The Morgan fingerprint density at radius 2 is 1.73 bits per heavy atom. The molecule has 1 aliphatic heterocycles. The molecule has 0 aromatic heterocycles. The molecule has 1 saturated carbocycles. The van der Waals surface area contributed by atoms with E-state index >= 15 is 0 Å². The Balaban J connectivity index is 1.57. The van der Waals surface area contributed by atoms with E-state index in [0.717, 1.165) is 57.0 Å². The molecule has 30 heavy (non-hydrogen) atoms. The fourth-order valence-corrected chi connectivity index (χ4v) is 5.25. The SMILES string of the molecule is CCC1CCC(Oc2cc(C)c3ccccc3c2CN2CCC(C(=O)O)CC2)CC1. The van der Waals surface area contributed by atoms with E-state index in [0.29, 0.717) is 6.10 Å². The molecule has 0 radical (unpaired) electrons. The minimum Gasteiger partial charge on any atom is -0.490 e. The van der Waals surface area contributed by atoms with E-state index in [-0.39, 0.29) is 5.92 Å². The molecule has 4 rings (SSSR count). The smallest absolute Gasteiger partial charge is 0.306 e. The lowest BCUT2D eigenvalue weighted by atomic mass is 9.86. The van der Waals surface area contributed by atoms with Crippen LogP contribution in [0.25, 0.3) is 10.8 Å². The number of fused-ring (bicyclic) bond motifs is 1. The van der Waals surface area contributed by atoms with Crippen LogP contribution in [-0.2, 0) is 11.3 Å². The first-order chi connectivity index (χ1) is 14.5. The molecule has 1 N–H and O–H groups in total. The van der Waals surface area contributed by atoms with E-state index in [1.54, 1.807) is 0 Å². The van der Waals surface area contributed by atoms with Gasteiger partial charge in [-0.15, -0.1) is 0 Å². The van der Waals surface area contributed by atoms with Crippen LogP contribution in [0.15, 0.2) is 30.3 Å². The highest BCUT2D eigenvalue weighted by Crippen LogP contribution is 2.36. The Bertz CT molecular complexity index is 877. The van der Waals surface area contributed by atoms with Crippen molar-refractivity contribution in [2.45, 2.75) is 71.4 Å². The van der Waals surface area contributed by atoms with Gasteiger partial charge >= 0.3 is 5.97 Å². The number of aryl methyl sites for hydroxylation is 1. The van der Waals surface area contributed by atoms with Crippen molar-refractivity contribution < 1.29 is 14.6 Å². The molecule has 4 heteroatoms. The Hall–Kier alpha value is -2.07. The van der Waals surface area contributed by atoms with Crippen LogP contribution in [0, 0.1) is 18.8 Å². The molecule has 1 aliphatic carbocycles. The second-order valence-electron chi connectivity index (χ2n) is 9.27. The van der Waals surface area contributed by atoms with E-state index in [4.69, 9.17) is 4.74 Å². The second kappa shape index (κ2) is 9.38. The molecule has 162 valence electrons. The third-order valence-electron chi connectivity index (χ3n) is 7.31. The lowest BCUT2D eigenvalue weighted by Crippen LogP contribution is -2.36. The van der Waals surface area contributed by atoms with Crippen LogP contribution < -0.4 is 4.74 Å².